The summed E-state index contributed by atoms with van der Waals surface area (Å²) >= 11 is 0. The number of piperazine rings is 1. The van der Waals surface area contributed by atoms with Crippen molar-refractivity contribution < 1.29 is 4.74 Å². The minimum Gasteiger partial charge on any atom is -0.494 e. The summed E-state index contributed by atoms with van der Waals surface area (Å²) in [5.74, 6) is 0.982. The maximum Gasteiger partial charge on any atom is 0.119 e. The molecule has 1 aliphatic rings. The van der Waals surface area contributed by atoms with Crippen molar-refractivity contribution in [3.05, 3.63) is 29.8 Å². The van der Waals surface area contributed by atoms with Gasteiger partial charge in [0.1, 0.15) is 5.75 Å². The van der Waals surface area contributed by atoms with Gasteiger partial charge in [0.05, 0.1) is 6.61 Å². The van der Waals surface area contributed by atoms with Crippen LogP contribution in [0.3, 0.4) is 0 Å². The summed E-state index contributed by atoms with van der Waals surface area (Å²) in [6.45, 7) is 10.8. The molecule has 1 heterocycles. The first-order chi connectivity index (χ1) is 10.3. The number of nitrogens with zero attached hydrogens (tertiary/aromatic N) is 2. The highest BCUT2D eigenvalue weighted by molar-refractivity contribution is 5.28. The van der Waals surface area contributed by atoms with E-state index in [-0.39, 0.29) is 0 Å². The third-order valence-electron chi connectivity index (χ3n) is 3.90. The van der Waals surface area contributed by atoms with Gasteiger partial charge in [-0.1, -0.05) is 19.1 Å². The molecule has 0 bridgehead atoms. The lowest BCUT2D eigenvalue weighted by Gasteiger charge is -2.32. The molecule has 0 unspecified atom stereocenters. The Labute approximate surface area is 129 Å². The molecule has 1 aromatic carbocycles. The molecule has 4 heteroatoms. The fourth-order valence-electron chi connectivity index (χ4n) is 2.51. The number of likely N-dealkylation sites (N-methyl/N-ethyl adjacent to an activating group) is 1. The number of hydrogen-bond donors (Lipinski definition) is 1. The first-order valence-corrected chi connectivity index (χ1v) is 8.11. The maximum absolute atomic E-state index is 5.67. The fourth-order valence-corrected chi connectivity index (χ4v) is 2.51. The highest BCUT2D eigenvalue weighted by atomic mass is 16.5. The molecule has 0 spiro atoms. The van der Waals surface area contributed by atoms with Crippen molar-refractivity contribution in [3.8, 4) is 5.75 Å². The molecule has 118 valence electrons. The lowest BCUT2D eigenvalue weighted by Crippen LogP contribution is -2.46. The van der Waals surface area contributed by atoms with E-state index in [0.717, 1.165) is 38.4 Å². The molecular weight excluding hydrogens is 262 g/mol. The summed E-state index contributed by atoms with van der Waals surface area (Å²) in [7, 11) is 2.20. The molecule has 1 aromatic rings. The Balaban J connectivity index is 1.64. The molecule has 0 amide bonds. The van der Waals surface area contributed by atoms with E-state index in [2.05, 4.69) is 47.3 Å². The SMILES string of the molecule is CCCOc1cccc(CNCCN2CCN(C)CC2)c1. The third-order valence-corrected chi connectivity index (χ3v) is 3.90. The zero-order valence-electron chi connectivity index (χ0n) is 13.5. The Bertz CT molecular complexity index is 403. The van der Waals surface area contributed by atoms with Gasteiger partial charge in [-0.25, -0.2) is 0 Å². The Morgan fingerprint density at radius 3 is 2.76 bits per heavy atom. The number of nitrogens with one attached hydrogen (secondary N) is 1. The zero-order chi connectivity index (χ0) is 14.9. The largest absolute Gasteiger partial charge is 0.494 e. The van der Waals surface area contributed by atoms with E-state index in [1.54, 1.807) is 0 Å². The average Bonchev–Trinajstić information content (AvgIpc) is 2.52. The van der Waals surface area contributed by atoms with Crippen LogP contribution in [0.4, 0.5) is 0 Å². The summed E-state index contributed by atoms with van der Waals surface area (Å²) < 4.78 is 5.67. The molecule has 21 heavy (non-hydrogen) atoms. The van der Waals surface area contributed by atoms with Crippen LogP contribution in [0.25, 0.3) is 0 Å². The Morgan fingerprint density at radius 1 is 1.19 bits per heavy atom. The third kappa shape index (κ3) is 6.04. The van der Waals surface area contributed by atoms with Crippen LogP contribution in [0.1, 0.15) is 18.9 Å². The second-order valence-electron chi connectivity index (χ2n) is 5.82. The molecule has 1 fully saturated rings. The molecule has 1 saturated heterocycles. The van der Waals surface area contributed by atoms with Gasteiger partial charge < -0.3 is 15.0 Å². The second kappa shape index (κ2) is 9.03. The van der Waals surface area contributed by atoms with Crippen molar-refractivity contribution >= 4 is 0 Å². The van der Waals surface area contributed by atoms with Crippen LogP contribution in [-0.4, -0.2) is 62.7 Å². The van der Waals surface area contributed by atoms with Crippen molar-refractivity contribution in [1.82, 2.24) is 15.1 Å². The summed E-state index contributed by atoms with van der Waals surface area (Å²) in [6, 6.07) is 8.39. The zero-order valence-corrected chi connectivity index (χ0v) is 13.5. The van der Waals surface area contributed by atoms with E-state index in [9.17, 15) is 0 Å². The molecule has 0 saturated carbocycles. The van der Waals surface area contributed by atoms with Gasteiger partial charge in [-0.15, -0.1) is 0 Å². The summed E-state index contributed by atoms with van der Waals surface area (Å²) in [5.41, 5.74) is 1.29. The van der Waals surface area contributed by atoms with E-state index in [1.807, 2.05) is 6.07 Å². The van der Waals surface area contributed by atoms with Gasteiger partial charge in [0, 0.05) is 45.8 Å². The van der Waals surface area contributed by atoms with Gasteiger partial charge in [-0.3, -0.25) is 4.90 Å². The second-order valence-corrected chi connectivity index (χ2v) is 5.82. The number of benzene rings is 1. The van der Waals surface area contributed by atoms with Gasteiger partial charge in [-0.05, 0) is 31.2 Å². The topological polar surface area (TPSA) is 27.7 Å². The van der Waals surface area contributed by atoms with Crippen molar-refractivity contribution in [2.45, 2.75) is 19.9 Å². The standard InChI is InChI=1S/C17H29N3O/c1-3-13-21-17-6-4-5-16(14-17)15-18-7-8-20-11-9-19(2)10-12-20/h4-6,14,18H,3,7-13,15H2,1-2H3. The molecule has 0 aromatic heterocycles. The summed E-state index contributed by atoms with van der Waals surface area (Å²) in [4.78, 5) is 4.93. The number of hydrogen-bond acceptors (Lipinski definition) is 4. The average molecular weight is 291 g/mol. The predicted molar refractivity (Wildman–Crippen MR) is 87.9 cm³/mol. The minimum atomic E-state index is 0.792. The highest BCUT2D eigenvalue weighted by Crippen LogP contribution is 2.13. The van der Waals surface area contributed by atoms with Crippen LogP contribution in [0.2, 0.25) is 0 Å². The van der Waals surface area contributed by atoms with E-state index >= 15 is 0 Å². The van der Waals surface area contributed by atoms with E-state index in [1.165, 1.54) is 31.7 Å². The summed E-state index contributed by atoms with van der Waals surface area (Å²) in [6.07, 6.45) is 1.05. The lowest BCUT2D eigenvalue weighted by atomic mass is 10.2. The highest BCUT2D eigenvalue weighted by Gasteiger charge is 2.12. The van der Waals surface area contributed by atoms with E-state index in [4.69, 9.17) is 4.74 Å². The van der Waals surface area contributed by atoms with Crippen molar-refractivity contribution in [2.75, 3.05) is 52.9 Å². The molecule has 0 atom stereocenters. The Kier molecular flexibility index (Phi) is 7.00. The molecule has 2 rings (SSSR count). The van der Waals surface area contributed by atoms with Crippen LogP contribution in [0, 0.1) is 0 Å². The molecule has 0 aliphatic carbocycles. The van der Waals surface area contributed by atoms with Crippen LogP contribution in [-0.2, 0) is 6.54 Å². The quantitative estimate of drug-likeness (QED) is 0.739. The number of rotatable bonds is 8. The molecule has 0 radical (unpaired) electrons. The van der Waals surface area contributed by atoms with Crippen molar-refractivity contribution in [2.24, 2.45) is 0 Å². The van der Waals surface area contributed by atoms with Crippen LogP contribution < -0.4 is 10.1 Å². The first kappa shape index (κ1) is 16.3. The molecule has 4 nitrogen and oxygen atoms in total. The summed E-state index contributed by atoms with van der Waals surface area (Å²) in [5, 5.41) is 3.53. The number of ether oxygens (including phenoxy) is 1. The maximum atomic E-state index is 5.67. The van der Waals surface area contributed by atoms with Gasteiger partial charge >= 0.3 is 0 Å². The van der Waals surface area contributed by atoms with E-state index in [0.29, 0.717) is 0 Å². The molecule has 1 N–H and O–H groups in total. The van der Waals surface area contributed by atoms with E-state index < -0.39 is 0 Å². The van der Waals surface area contributed by atoms with Crippen LogP contribution >= 0.6 is 0 Å². The molecule has 1 aliphatic heterocycles. The van der Waals surface area contributed by atoms with Crippen LogP contribution in [0.5, 0.6) is 5.75 Å². The van der Waals surface area contributed by atoms with Crippen LogP contribution in [0.15, 0.2) is 24.3 Å². The van der Waals surface area contributed by atoms with Gasteiger partial charge in [0.15, 0.2) is 0 Å². The smallest absolute Gasteiger partial charge is 0.119 e. The fraction of sp³-hybridized carbons (Fsp3) is 0.647. The molecular formula is C17H29N3O. The normalized spacial score (nSPS) is 17.0. The predicted octanol–water partition coefficient (Wildman–Crippen LogP) is 1.81. The lowest BCUT2D eigenvalue weighted by molar-refractivity contribution is 0.154. The van der Waals surface area contributed by atoms with Crippen molar-refractivity contribution in [3.63, 3.8) is 0 Å². The van der Waals surface area contributed by atoms with Gasteiger partial charge in [0.2, 0.25) is 0 Å². The van der Waals surface area contributed by atoms with Gasteiger partial charge in [0.25, 0.3) is 0 Å². The van der Waals surface area contributed by atoms with Crippen molar-refractivity contribution in [1.29, 1.82) is 0 Å². The monoisotopic (exact) mass is 291 g/mol. The Hall–Kier alpha value is -1.10. The minimum absolute atomic E-state index is 0.792. The van der Waals surface area contributed by atoms with Gasteiger partial charge in [-0.2, -0.15) is 0 Å². The Morgan fingerprint density at radius 2 is 2.00 bits per heavy atom. The first-order valence-electron chi connectivity index (χ1n) is 8.11.